The summed E-state index contributed by atoms with van der Waals surface area (Å²) < 4.78 is 38.2. The molecule has 1 aromatic rings. The number of hydrogen-bond acceptors (Lipinski definition) is 2. The van der Waals surface area contributed by atoms with Gasteiger partial charge in [0.05, 0.1) is 22.5 Å². The molecule has 1 aromatic carbocycles. The van der Waals surface area contributed by atoms with Gasteiger partial charge >= 0.3 is 6.18 Å². The number of amides is 1. The van der Waals surface area contributed by atoms with E-state index in [2.05, 4.69) is 5.32 Å². The molecule has 1 amide bonds. The fourth-order valence-corrected chi connectivity index (χ4v) is 2.74. The molecule has 1 fully saturated rings. The lowest BCUT2D eigenvalue weighted by Crippen LogP contribution is -2.44. The summed E-state index contributed by atoms with van der Waals surface area (Å²) in [5, 5.41) is 3.27. The van der Waals surface area contributed by atoms with E-state index in [1.165, 1.54) is 11.0 Å². The zero-order valence-corrected chi connectivity index (χ0v) is 13.1. The van der Waals surface area contributed by atoms with Crippen LogP contribution in [0.25, 0.3) is 0 Å². The van der Waals surface area contributed by atoms with Gasteiger partial charge < -0.3 is 5.32 Å². The third kappa shape index (κ3) is 4.76. The number of halogens is 5. The van der Waals surface area contributed by atoms with E-state index in [9.17, 15) is 18.0 Å². The van der Waals surface area contributed by atoms with E-state index in [-0.39, 0.29) is 25.4 Å². The Morgan fingerprint density at radius 2 is 2.05 bits per heavy atom. The van der Waals surface area contributed by atoms with Gasteiger partial charge in [0.15, 0.2) is 0 Å². The van der Waals surface area contributed by atoms with Gasteiger partial charge in [-0.05, 0) is 37.6 Å². The Bertz CT molecular complexity index is 551. The van der Waals surface area contributed by atoms with Gasteiger partial charge in [0, 0.05) is 12.2 Å². The summed E-state index contributed by atoms with van der Waals surface area (Å²) in [4.78, 5) is 13.4. The van der Waals surface area contributed by atoms with Gasteiger partial charge in [-0.3, -0.25) is 9.69 Å². The van der Waals surface area contributed by atoms with Gasteiger partial charge in [-0.1, -0.05) is 23.2 Å². The summed E-state index contributed by atoms with van der Waals surface area (Å²) in [6, 6.07) is 4.62. The second-order valence-electron chi connectivity index (χ2n) is 5.29. The normalized spacial score (nSPS) is 20.0. The van der Waals surface area contributed by atoms with E-state index >= 15 is 0 Å². The van der Waals surface area contributed by atoms with Crippen LogP contribution in [-0.2, 0) is 4.79 Å². The van der Waals surface area contributed by atoms with Crippen LogP contribution in [0.4, 0.5) is 18.9 Å². The Labute approximate surface area is 136 Å². The highest BCUT2D eigenvalue weighted by molar-refractivity contribution is 6.42. The molecule has 0 aromatic heterocycles. The summed E-state index contributed by atoms with van der Waals surface area (Å²) in [6.45, 7) is 0.270. The molecule has 8 heteroatoms. The molecule has 0 saturated carbocycles. The molecule has 0 radical (unpaired) electrons. The molecule has 122 valence electrons. The van der Waals surface area contributed by atoms with Crippen molar-refractivity contribution in [3.63, 3.8) is 0 Å². The molecule has 1 atom stereocenters. The van der Waals surface area contributed by atoms with Crippen LogP contribution in [0.2, 0.25) is 10.0 Å². The Hall–Kier alpha value is -0.980. The summed E-state index contributed by atoms with van der Waals surface area (Å²) in [6.07, 6.45) is -3.66. The highest BCUT2D eigenvalue weighted by Gasteiger charge is 2.41. The first-order chi connectivity index (χ1) is 10.3. The van der Waals surface area contributed by atoms with Crippen molar-refractivity contribution in [1.29, 1.82) is 0 Å². The predicted octanol–water partition coefficient (Wildman–Crippen LogP) is 4.21. The second-order valence-corrected chi connectivity index (χ2v) is 6.11. The van der Waals surface area contributed by atoms with E-state index in [1.807, 2.05) is 0 Å². The van der Waals surface area contributed by atoms with Crippen molar-refractivity contribution in [3.8, 4) is 0 Å². The van der Waals surface area contributed by atoms with Crippen LogP contribution in [0, 0.1) is 5.92 Å². The number of likely N-dealkylation sites (tertiary alicyclic amines) is 1. The maximum absolute atomic E-state index is 12.7. The van der Waals surface area contributed by atoms with Crippen LogP contribution >= 0.6 is 23.2 Å². The van der Waals surface area contributed by atoms with Crippen LogP contribution < -0.4 is 5.32 Å². The van der Waals surface area contributed by atoms with Crippen LogP contribution in [-0.4, -0.2) is 36.6 Å². The zero-order valence-electron chi connectivity index (χ0n) is 11.6. The van der Waals surface area contributed by atoms with Crippen LogP contribution in [0.15, 0.2) is 18.2 Å². The smallest absolute Gasteiger partial charge is 0.325 e. The lowest BCUT2D eigenvalue weighted by Gasteiger charge is -2.33. The molecule has 1 unspecified atom stereocenters. The fourth-order valence-electron chi connectivity index (χ4n) is 2.44. The first-order valence-corrected chi connectivity index (χ1v) is 7.55. The van der Waals surface area contributed by atoms with Crippen molar-refractivity contribution < 1.29 is 18.0 Å². The quantitative estimate of drug-likeness (QED) is 0.881. The predicted molar refractivity (Wildman–Crippen MR) is 80.3 cm³/mol. The number of carbonyl (C=O) groups is 1. The van der Waals surface area contributed by atoms with Crippen LogP contribution in [0.3, 0.4) is 0 Å². The van der Waals surface area contributed by atoms with Gasteiger partial charge in [-0.15, -0.1) is 0 Å². The van der Waals surface area contributed by atoms with Crippen LogP contribution in [0.5, 0.6) is 0 Å². The van der Waals surface area contributed by atoms with Crippen molar-refractivity contribution in [1.82, 2.24) is 4.90 Å². The minimum absolute atomic E-state index is 0.0766. The molecule has 0 spiro atoms. The monoisotopic (exact) mass is 354 g/mol. The molecule has 3 nitrogen and oxygen atoms in total. The Morgan fingerprint density at radius 3 is 2.68 bits per heavy atom. The van der Waals surface area contributed by atoms with Crippen molar-refractivity contribution in [2.75, 3.05) is 25.0 Å². The molecular formula is C14H15Cl2F3N2O. The summed E-state index contributed by atoms with van der Waals surface area (Å²) in [7, 11) is 0. The fraction of sp³-hybridized carbons (Fsp3) is 0.500. The summed E-state index contributed by atoms with van der Waals surface area (Å²) >= 11 is 11.6. The number of anilines is 1. The van der Waals surface area contributed by atoms with Gasteiger partial charge in [0.2, 0.25) is 5.91 Å². The summed E-state index contributed by atoms with van der Waals surface area (Å²) in [5.41, 5.74) is 0.462. The standard InChI is InChI=1S/C14H15Cl2F3N2O/c15-11-4-3-10(6-12(11)16)20-13(22)8-21-5-1-2-9(7-21)14(17,18)19/h3-4,6,9H,1-2,5,7-8H2,(H,20,22). The minimum Gasteiger partial charge on any atom is -0.325 e. The van der Waals surface area contributed by atoms with Gasteiger partial charge in [-0.25, -0.2) is 0 Å². The number of carbonyl (C=O) groups excluding carboxylic acids is 1. The van der Waals surface area contributed by atoms with E-state index in [0.717, 1.165) is 0 Å². The molecule has 0 aliphatic carbocycles. The largest absolute Gasteiger partial charge is 0.393 e. The average Bonchev–Trinajstić information content (AvgIpc) is 2.42. The van der Waals surface area contributed by atoms with Gasteiger partial charge in [0.25, 0.3) is 0 Å². The maximum atomic E-state index is 12.7. The Kier molecular flexibility index (Phi) is 5.58. The number of piperidine rings is 1. The lowest BCUT2D eigenvalue weighted by molar-refractivity contribution is -0.186. The highest BCUT2D eigenvalue weighted by atomic mass is 35.5. The number of rotatable bonds is 3. The molecule has 1 aliphatic heterocycles. The molecule has 22 heavy (non-hydrogen) atoms. The number of benzene rings is 1. The zero-order chi connectivity index (χ0) is 16.3. The van der Waals surface area contributed by atoms with Gasteiger partial charge in [-0.2, -0.15) is 13.2 Å². The molecule has 1 heterocycles. The SMILES string of the molecule is O=C(CN1CCCC(C(F)(F)F)C1)Nc1ccc(Cl)c(Cl)c1. The maximum Gasteiger partial charge on any atom is 0.393 e. The number of nitrogens with one attached hydrogen (secondary N) is 1. The molecule has 0 bridgehead atoms. The Morgan fingerprint density at radius 1 is 1.32 bits per heavy atom. The third-order valence-electron chi connectivity index (χ3n) is 3.54. The molecule has 1 N–H and O–H groups in total. The molecular weight excluding hydrogens is 340 g/mol. The minimum atomic E-state index is -4.21. The second kappa shape index (κ2) is 7.06. The van der Waals surface area contributed by atoms with E-state index in [1.54, 1.807) is 12.1 Å². The van der Waals surface area contributed by atoms with Crippen molar-refractivity contribution in [3.05, 3.63) is 28.2 Å². The first-order valence-electron chi connectivity index (χ1n) is 6.79. The molecule has 1 saturated heterocycles. The van der Waals surface area contributed by atoms with E-state index < -0.39 is 12.1 Å². The molecule has 2 rings (SSSR count). The third-order valence-corrected chi connectivity index (χ3v) is 4.28. The topological polar surface area (TPSA) is 32.3 Å². The highest BCUT2D eigenvalue weighted by Crippen LogP contribution is 2.33. The Balaban J connectivity index is 1.90. The lowest BCUT2D eigenvalue weighted by atomic mass is 9.97. The van der Waals surface area contributed by atoms with E-state index in [0.29, 0.717) is 28.7 Å². The average molecular weight is 355 g/mol. The first kappa shape index (κ1) is 17.4. The molecule has 1 aliphatic rings. The van der Waals surface area contributed by atoms with Crippen molar-refractivity contribution in [2.24, 2.45) is 5.92 Å². The van der Waals surface area contributed by atoms with Crippen molar-refractivity contribution in [2.45, 2.75) is 19.0 Å². The van der Waals surface area contributed by atoms with E-state index in [4.69, 9.17) is 23.2 Å². The number of hydrogen-bond donors (Lipinski definition) is 1. The van der Waals surface area contributed by atoms with Crippen molar-refractivity contribution >= 4 is 34.8 Å². The van der Waals surface area contributed by atoms with Gasteiger partial charge in [0.1, 0.15) is 0 Å². The van der Waals surface area contributed by atoms with Crippen LogP contribution in [0.1, 0.15) is 12.8 Å². The number of alkyl halides is 3. The summed E-state index contributed by atoms with van der Waals surface area (Å²) in [5.74, 6) is -1.74. The number of nitrogens with zero attached hydrogens (tertiary/aromatic N) is 1.